The van der Waals surface area contributed by atoms with Crippen molar-refractivity contribution < 1.29 is 15.3 Å². The van der Waals surface area contributed by atoms with Gasteiger partial charge in [-0.25, -0.2) is 0 Å². The quantitative estimate of drug-likeness (QED) is 0.380. The fourth-order valence-corrected chi connectivity index (χ4v) is 8.06. The molecule has 0 saturated heterocycles. The minimum atomic E-state index is -0.811. The third-order valence-corrected chi connectivity index (χ3v) is 10.3. The molecule has 192 valence electrons. The highest BCUT2D eigenvalue weighted by atomic mass is 32.2. The Morgan fingerprint density at radius 3 is 2.74 bits per heavy atom. The summed E-state index contributed by atoms with van der Waals surface area (Å²) in [4.78, 5) is 1.24. The Morgan fingerprint density at radius 1 is 1.23 bits per heavy atom. The van der Waals surface area contributed by atoms with Crippen molar-refractivity contribution in [1.29, 1.82) is 0 Å². The molecule has 0 unspecified atom stereocenters. The van der Waals surface area contributed by atoms with Crippen LogP contribution in [0, 0.1) is 23.2 Å². The SMILES string of the molecule is C=C1/C(=C\C=C2/CCC[C@]3(C)[C@@H]([C@H](C)CSc4cccc(C(C)(C)O)c4)CC[C@@H]23)C[C@@H](O)C[C@@H]1O. The maximum absolute atomic E-state index is 10.4. The number of thioether (sulfide) groups is 1. The molecular formula is C31H44O3S. The van der Waals surface area contributed by atoms with E-state index < -0.39 is 17.8 Å². The largest absolute Gasteiger partial charge is 0.393 e. The first-order chi connectivity index (χ1) is 16.5. The molecule has 4 rings (SSSR count). The highest BCUT2D eigenvalue weighted by molar-refractivity contribution is 7.99. The first-order valence-electron chi connectivity index (χ1n) is 13.4. The van der Waals surface area contributed by atoms with Crippen LogP contribution < -0.4 is 0 Å². The van der Waals surface area contributed by atoms with Gasteiger partial charge in [0.15, 0.2) is 0 Å². The average Bonchev–Trinajstić information content (AvgIpc) is 3.16. The Morgan fingerprint density at radius 2 is 2.00 bits per heavy atom. The van der Waals surface area contributed by atoms with Gasteiger partial charge in [-0.2, -0.15) is 0 Å². The van der Waals surface area contributed by atoms with Crippen molar-refractivity contribution in [1.82, 2.24) is 0 Å². The zero-order valence-electron chi connectivity index (χ0n) is 22.0. The van der Waals surface area contributed by atoms with E-state index in [0.29, 0.717) is 36.0 Å². The molecule has 3 saturated carbocycles. The van der Waals surface area contributed by atoms with Gasteiger partial charge in [-0.15, -0.1) is 11.8 Å². The lowest BCUT2D eigenvalue weighted by Crippen LogP contribution is -2.36. The molecule has 1 aromatic carbocycles. The van der Waals surface area contributed by atoms with Crippen LogP contribution in [0.15, 0.2) is 64.6 Å². The van der Waals surface area contributed by atoms with Crippen LogP contribution in [0.25, 0.3) is 0 Å². The molecular weight excluding hydrogens is 452 g/mol. The zero-order valence-corrected chi connectivity index (χ0v) is 22.8. The molecule has 0 amide bonds. The molecule has 1 aromatic rings. The molecule has 0 heterocycles. The smallest absolute Gasteiger partial charge is 0.0840 e. The lowest BCUT2D eigenvalue weighted by Gasteiger charge is -2.44. The fourth-order valence-electron chi connectivity index (χ4n) is 6.99. The summed E-state index contributed by atoms with van der Waals surface area (Å²) in [6, 6.07) is 8.36. The minimum Gasteiger partial charge on any atom is -0.393 e. The van der Waals surface area contributed by atoms with Crippen molar-refractivity contribution in [3.63, 3.8) is 0 Å². The Bertz CT molecular complexity index is 987. The predicted molar refractivity (Wildman–Crippen MR) is 146 cm³/mol. The number of allylic oxidation sites excluding steroid dienone is 3. The lowest BCUT2D eigenvalue weighted by atomic mass is 9.61. The molecule has 3 nitrogen and oxygen atoms in total. The van der Waals surface area contributed by atoms with Crippen LogP contribution in [0.2, 0.25) is 0 Å². The number of fused-ring (bicyclic) bond motifs is 1. The molecule has 35 heavy (non-hydrogen) atoms. The third-order valence-electron chi connectivity index (χ3n) is 9.04. The number of benzene rings is 1. The summed E-state index contributed by atoms with van der Waals surface area (Å²) in [6.45, 7) is 12.7. The monoisotopic (exact) mass is 496 g/mol. The fraction of sp³-hybridized carbons (Fsp3) is 0.613. The zero-order chi connectivity index (χ0) is 25.4. The van der Waals surface area contributed by atoms with E-state index in [0.717, 1.165) is 28.9 Å². The summed E-state index contributed by atoms with van der Waals surface area (Å²) < 4.78 is 0. The van der Waals surface area contributed by atoms with E-state index in [1.807, 2.05) is 31.7 Å². The maximum Gasteiger partial charge on any atom is 0.0840 e. The second-order valence-electron chi connectivity index (χ2n) is 12.0. The van der Waals surface area contributed by atoms with Gasteiger partial charge in [0, 0.05) is 17.1 Å². The van der Waals surface area contributed by atoms with E-state index in [1.165, 1.54) is 30.6 Å². The standard InChI is InChI=1S/C31H44O3S/c1-20(19-35-26-10-6-9-24(17-26)30(3,4)34)27-13-14-28-22(8-7-15-31(27,28)5)11-12-23-16-25(32)18-29(33)21(23)2/h6,9-12,17,20,25,27-29,32-34H,2,7-8,13-16,18-19H2,1,3-5H3/b22-11+,23-12-/t20-,25-,27-,28+,29+,31-/m1/s1. The maximum atomic E-state index is 10.4. The van der Waals surface area contributed by atoms with E-state index in [-0.39, 0.29) is 0 Å². The molecule has 4 heteroatoms. The topological polar surface area (TPSA) is 60.7 Å². The molecule has 3 fully saturated rings. The molecule has 3 aliphatic carbocycles. The van der Waals surface area contributed by atoms with Gasteiger partial charge in [-0.1, -0.05) is 50.3 Å². The molecule has 0 aromatic heterocycles. The molecule has 3 aliphatic rings. The molecule has 0 bridgehead atoms. The normalized spacial score (nSPS) is 34.9. The van der Waals surface area contributed by atoms with Crippen molar-refractivity contribution in [3.05, 3.63) is 65.3 Å². The van der Waals surface area contributed by atoms with Crippen LogP contribution in [-0.2, 0) is 5.60 Å². The van der Waals surface area contributed by atoms with Gasteiger partial charge >= 0.3 is 0 Å². The van der Waals surface area contributed by atoms with Gasteiger partial charge < -0.3 is 15.3 Å². The molecule has 0 aliphatic heterocycles. The van der Waals surface area contributed by atoms with Gasteiger partial charge in [-0.05, 0) is 104 Å². The number of rotatable bonds is 6. The van der Waals surface area contributed by atoms with E-state index in [2.05, 4.69) is 50.8 Å². The molecule has 6 atom stereocenters. The first-order valence-corrected chi connectivity index (χ1v) is 14.4. The number of aliphatic hydroxyl groups excluding tert-OH is 2. The van der Waals surface area contributed by atoms with Crippen molar-refractivity contribution >= 4 is 11.8 Å². The predicted octanol–water partition coefficient (Wildman–Crippen LogP) is 6.78. The van der Waals surface area contributed by atoms with E-state index in [1.54, 1.807) is 5.57 Å². The average molecular weight is 497 g/mol. The molecule has 0 spiro atoms. The highest BCUT2D eigenvalue weighted by Crippen LogP contribution is 2.59. The lowest BCUT2D eigenvalue weighted by molar-refractivity contribution is 0.0783. The Kier molecular flexibility index (Phi) is 8.07. The number of hydrogen-bond acceptors (Lipinski definition) is 4. The van der Waals surface area contributed by atoms with Crippen molar-refractivity contribution in [2.75, 3.05) is 5.75 Å². The van der Waals surface area contributed by atoms with Gasteiger partial charge in [0.1, 0.15) is 0 Å². The van der Waals surface area contributed by atoms with Crippen LogP contribution >= 0.6 is 11.8 Å². The van der Waals surface area contributed by atoms with Crippen molar-refractivity contribution in [2.24, 2.45) is 23.2 Å². The number of hydrogen-bond donors (Lipinski definition) is 3. The second kappa shape index (κ2) is 10.6. The third kappa shape index (κ3) is 5.82. The van der Waals surface area contributed by atoms with E-state index in [4.69, 9.17) is 0 Å². The minimum absolute atomic E-state index is 0.333. The van der Waals surface area contributed by atoms with Gasteiger partial charge in [0.05, 0.1) is 17.8 Å². The van der Waals surface area contributed by atoms with Crippen LogP contribution in [0.4, 0.5) is 0 Å². The van der Waals surface area contributed by atoms with Crippen LogP contribution in [0.1, 0.15) is 78.2 Å². The first kappa shape index (κ1) is 26.7. The summed E-state index contributed by atoms with van der Waals surface area (Å²) in [5.41, 5.74) is 3.82. The van der Waals surface area contributed by atoms with E-state index in [9.17, 15) is 15.3 Å². The summed E-state index contributed by atoms with van der Waals surface area (Å²) in [6.07, 6.45) is 10.5. The Balaban J connectivity index is 1.45. The summed E-state index contributed by atoms with van der Waals surface area (Å²) in [5, 5.41) is 30.7. The Labute approximate surface area is 216 Å². The van der Waals surface area contributed by atoms with Crippen LogP contribution in [-0.4, -0.2) is 33.3 Å². The van der Waals surface area contributed by atoms with Gasteiger partial charge in [0.2, 0.25) is 0 Å². The molecule has 0 radical (unpaired) electrons. The summed E-state index contributed by atoms with van der Waals surface area (Å²) in [5.74, 6) is 3.06. The summed E-state index contributed by atoms with van der Waals surface area (Å²) in [7, 11) is 0. The van der Waals surface area contributed by atoms with Gasteiger partial charge in [0.25, 0.3) is 0 Å². The highest BCUT2D eigenvalue weighted by Gasteiger charge is 2.50. The van der Waals surface area contributed by atoms with Crippen LogP contribution in [0.3, 0.4) is 0 Å². The number of aliphatic hydroxyl groups is 3. The Hall–Kier alpha value is -1.33. The van der Waals surface area contributed by atoms with E-state index >= 15 is 0 Å². The van der Waals surface area contributed by atoms with Crippen molar-refractivity contribution in [3.8, 4) is 0 Å². The van der Waals surface area contributed by atoms with Gasteiger partial charge in [-0.3, -0.25) is 0 Å². The van der Waals surface area contributed by atoms with Crippen LogP contribution in [0.5, 0.6) is 0 Å². The summed E-state index contributed by atoms with van der Waals surface area (Å²) >= 11 is 1.92. The molecule has 3 N–H and O–H groups in total. The van der Waals surface area contributed by atoms with Crippen molar-refractivity contribution in [2.45, 2.75) is 95.3 Å². The second-order valence-corrected chi connectivity index (χ2v) is 13.1.